The predicted octanol–water partition coefficient (Wildman–Crippen LogP) is 4.37. The van der Waals surface area contributed by atoms with Crippen LogP contribution >= 0.6 is 0 Å². The number of carboxylic acid groups (broad SMARTS) is 1. The van der Waals surface area contributed by atoms with Gasteiger partial charge in [-0.3, -0.25) is 14.4 Å². The van der Waals surface area contributed by atoms with Crippen molar-refractivity contribution in [2.24, 2.45) is 11.8 Å². The Morgan fingerprint density at radius 1 is 1.00 bits per heavy atom. The fourth-order valence-corrected chi connectivity index (χ4v) is 6.88. The van der Waals surface area contributed by atoms with E-state index in [4.69, 9.17) is 9.90 Å². The molecule has 0 saturated heterocycles. The van der Waals surface area contributed by atoms with Crippen LogP contribution in [0.5, 0.6) is 0 Å². The summed E-state index contributed by atoms with van der Waals surface area (Å²) in [7, 11) is -3.83. The fourth-order valence-electron chi connectivity index (χ4n) is 5.87. The molecule has 2 aromatic carbocycles. The Morgan fingerprint density at radius 2 is 1.63 bits per heavy atom. The first-order chi connectivity index (χ1) is 20.5. The van der Waals surface area contributed by atoms with E-state index in [0.717, 1.165) is 62.4 Å². The third-order valence-electron chi connectivity index (χ3n) is 8.47. The summed E-state index contributed by atoms with van der Waals surface area (Å²) in [4.78, 5) is 35.7. The molecule has 0 aromatic heterocycles. The summed E-state index contributed by atoms with van der Waals surface area (Å²) in [5.74, 6) is 0.493. The number of amides is 1. The summed E-state index contributed by atoms with van der Waals surface area (Å²) in [5, 5.41) is 10.3. The minimum absolute atomic E-state index is 0.0262. The van der Waals surface area contributed by atoms with Crippen LogP contribution in [0.1, 0.15) is 79.4 Å². The Kier molecular flexibility index (Phi) is 13.3. The SMILES string of the molecule is Cc1ccc(S(=O)(=O)NC(=O)CCN[C@H]2CC[C@H](CCN3CCc4ccc(C(=O)C(C)C)cc4CC3)CC2)cc1.O=CO. The molecule has 1 saturated carbocycles. The van der Waals surface area contributed by atoms with E-state index in [1.807, 2.05) is 26.8 Å². The number of carbonyl (C=O) groups excluding carboxylic acids is 2. The highest BCUT2D eigenvalue weighted by Gasteiger charge is 2.23. The molecule has 0 spiro atoms. The van der Waals surface area contributed by atoms with E-state index in [1.54, 1.807) is 12.1 Å². The van der Waals surface area contributed by atoms with Crippen LogP contribution in [0.2, 0.25) is 0 Å². The van der Waals surface area contributed by atoms with E-state index < -0.39 is 15.9 Å². The number of sulfonamides is 1. The third kappa shape index (κ3) is 10.9. The fraction of sp³-hybridized carbons (Fsp3) is 0.545. The quantitative estimate of drug-likeness (QED) is 0.252. The number of rotatable bonds is 11. The maximum Gasteiger partial charge on any atom is 0.290 e. The Labute approximate surface area is 256 Å². The van der Waals surface area contributed by atoms with Gasteiger partial charge in [0.25, 0.3) is 16.5 Å². The molecule has 1 fully saturated rings. The normalized spacial score (nSPS) is 19.0. The maximum atomic E-state index is 12.4. The number of hydrogen-bond donors (Lipinski definition) is 3. The largest absolute Gasteiger partial charge is 0.483 e. The number of fused-ring (bicyclic) bond motifs is 1. The molecule has 2 aliphatic rings. The van der Waals surface area contributed by atoms with Crippen molar-refractivity contribution in [1.29, 1.82) is 0 Å². The van der Waals surface area contributed by atoms with E-state index in [1.165, 1.54) is 42.5 Å². The highest BCUT2D eigenvalue weighted by Crippen LogP contribution is 2.28. The third-order valence-corrected chi connectivity index (χ3v) is 9.86. The Bertz CT molecular complexity index is 1320. The van der Waals surface area contributed by atoms with Gasteiger partial charge < -0.3 is 15.3 Å². The van der Waals surface area contributed by atoms with E-state index in [2.05, 4.69) is 27.1 Å². The number of nitrogens with zero attached hydrogens (tertiary/aromatic N) is 1. The average Bonchev–Trinajstić information content (AvgIpc) is 3.18. The molecular formula is C33H47N3O6S. The summed E-state index contributed by atoms with van der Waals surface area (Å²) in [6.07, 6.45) is 7.93. The molecule has 0 unspecified atom stereocenters. The lowest BCUT2D eigenvalue weighted by Crippen LogP contribution is -2.38. The van der Waals surface area contributed by atoms with Crippen LogP contribution < -0.4 is 10.0 Å². The van der Waals surface area contributed by atoms with E-state index in [0.29, 0.717) is 12.6 Å². The number of carbonyl (C=O) groups is 3. The van der Waals surface area contributed by atoms with Gasteiger partial charge in [-0.15, -0.1) is 0 Å². The van der Waals surface area contributed by atoms with Gasteiger partial charge in [0.2, 0.25) is 5.91 Å². The Morgan fingerprint density at radius 3 is 2.26 bits per heavy atom. The Balaban J connectivity index is 0.00000162. The van der Waals surface area contributed by atoms with Crippen LogP contribution in [0.4, 0.5) is 0 Å². The molecular weight excluding hydrogens is 566 g/mol. The number of aryl methyl sites for hydroxylation is 1. The van der Waals surface area contributed by atoms with E-state index >= 15 is 0 Å². The highest BCUT2D eigenvalue weighted by atomic mass is 32.2. The molecule has 10 heteroatoms. The number of nitrogens with one attached hydrogen (secondary N) is 2. The van der Waals surface area contributed by atoms with Crippen LogP contribution in [-0.2, 0) is 32.5 Å². The van der Waals surface area contributed by atoms with Crippen LogP contribution in [0, 0.1) is 18.8 Å². The van der Waals surface area contributed by atoms with Gasteiger partial charge in [-0.2, -0.15) is 0 Å². The second kappa shape index (κ2) is 16.7. The Hall–Kier alpha value is -3.08. The number of Topliss-reactive ketones (excluding diaryl/α,β-unsaturated/α-hetero) is 1. The van der Waals surface area contributed by atoms with Crippen molar-refractivity contribution in [3.05, 3.63) is 64.7 Å². The van der Waals surface area contributed by atoms with Crippen molar-refractivity contribution in [1.82, 2.24) is 14.9 Å². The van der Waals surface area contributed by atoms with Gasteiger partial charge in [0, 0.05) is 43.6 Å². The topological polar surface area (TPSA) is 133 Å². The smallest absolute Gasteiger partial charge is 0.290 e. The van der Waals surface area contributed by atoms with Crippen LogP contribution in [0.15, 0.2) is 47.4 Å². The summed E-state index contributed by atoms with van der Waals surface area (Å²) >= 11 is 0. The summed E-state index contributed by atoms with van der Waals surface area (Å²) in [6.45, 7) is 9.26. The molecule has 9 nitrogen and oxygen atoms in total. The second-order valence-electron chi connectivity index (χ2n) is 12.0. The van der Waals surface area contributed by atoms with Gasteiger partial charge in [0.05, 0.1) is 4.90 Å². The zero-order valence-electron chi connectivity index (χ0n) is 25.7. The molecule has 1 aliphatic carbocycles. The van der Waals surface area contributed by atoms with Crippen molar-refractivity contribution in [2.75, 3.05) is 26.2 Å². The van der Waals surface area contributed by atoms with Crippen molar-refractivity contribution in [3.8, 4) is 0 Å². The van der Waals surface area contributed by atoms with Crippen molar-refractivity contribution in [3.63, 3.8) is 0 Å². The molecule has 43 heavy (non-hydrogen) atoms. The standard InChI is InChI=1S/C32H45N3O4S.CH2O2/c1-23(2)32(37)28-9-8-26-16-20-35(21-17-27(26)22-28)19-15-25-6-10-29(11-7-25)33-18-14-31(36)34-40(38,39)30-12-4-24(3)5-13-30;2-1-3/h4-5,8-9,12-13,22-23,25,29,33H,6-7,10-11,14-21H2,1-3H3,(H,34,36);1H,(H,2,3)/t25-,29-;. The van der Waals surface area contributed by atoms with E-state index in [-0.39, 0.29) is 29.5 Å². The molecule has 2 aromatic rings. The van der Waals surface area contributed by atoms with Gasteiger partial charge in [0.15, 0.2) is 5.78 Å². The van der Waals surface area contributed by atoms with E-state index in [9.17, 15) is 18.0 Å². The van der Waals surface area contributed by atoms with Crippen molar-refractivity contribution in [2.45, 2.75) is 83.1 Å². The van der Waals surface area contributed by atoms with Crippen LogP contribution in [-0.4, -0.2) is 68.8 Å². The molecule has 236 valence electrons. The van der Waals surface area contributed by atoms with Crippen molar-refractivity contribution < 1.29 is 27.9 Å². The molecule has 3 N–H and O–H groups in total. The van der Waals surface area contributed by atoms with Crippen LogP contribution in [0.3, 0.4) is 0 Å². The van der Waals surface area contributed by atoms with Gasteiger partial charge in [-0.05, 0) is 93.7 Å². The molecule has 4 rings (SSSR count). The lowest BCUT2D eigenvalue weighted by atomic mass is 9.84. The monoisotopic (exact) mass is 613 g/mol. The zero-order valence-corrected chi connectivity index (χ0v) is 26.5. The molecule has 1 heterocycles. The first kappa shape index (κ1) is 34.4. The number of hydrogen-bond acceptors (Lipinski definition) is 7. The first-order valence-electron chi connectivity index (χ1n) is 15.3. The minimum atomic E-state index is -3.83. The average molecular weight is 614 g/mol. The number of ketones is 1. The molecule has 1 amide bonds. The van der Waals surface area contributed by atoms with Crippen molar-refractivity contribution >= 4 is 28.2 Å². The highest BCUT2D eigenvalue weighted by molar-refractivity contribution is 7.90. The zero-order chi connectivity index (χ0) is 31.4. The maximum absolute atomic E-state index is 12.4. The molecule has 0 atom stereocenters. The molecule has 0 bridgehead atoms. The lowest BCUT2D eigenvalue weighted by molar-refractivity contribution is -0.123. The summed E-state index contributed by atoms with van der Waals surface area (Å²) < 4.78 is 27.0. The van der Waals surface area contributed by atoms with Gasteiger partial charge in [-0.1, -0.05) is 43.7 Å². The van der Waals surface area contributed by atoms with Gasteiger partial charge >= 0.3 is 0 Å². The van der Waals surface area contributed by atoms with Crippen LogP contribution in [0.25, 0.3) is 0 Å². The summed E-state index contributed by atoms with van der Waals surface area (Å²) in [5.41, 5.74) is 4.53. The minimum Gasteiger partial charge on any atom is -0.483 e. The first-order valence-corrected chi connectivity index (χ1v) is 16.8. The second-order valence-corrected chi connectivity index (χ2v) is 13.7. The predicted molar refractivity (Wildman–Crippen MR) is 168 cm³/mol. The van der Waals surface area contributed by atoms with Gasteiger partial charge in [-0.25, -0.2) is 13.1 Å². The van der Waals surface area contributed by atoms with Gasteiger partial charge in [0.1, 0.15) is 0 Å². The molecule has 0 radical (unpaired) electrons. The molecule has 1 aliphatic heterocycles. The lowest BCUT2D eigenvalue weighted by Gasteiger charge is -2.31. The number of benzene rings is 2. The summed E-state index contributed by atoms with van der Waals surface area (Å²) in [6, 6.07) is 13.1.